The maximum Gasteiger partial charge on any atom is 0.134 e. The highest BCUT2D eigenvalue weighted by atomic mass is 32.1. The van der Waals surface area contributed by atoms with Crippen molar-refractivity contribution >= 4 is 17.0 Å². The van der Waals surface area contributed by atoms with Crippen LogP contribution in [-0.2, 0) is 13.6 Å². The number of hydrogen-bond acceptors (Lipinski definition) is 4. The van der Waals surface area contributed by atoms with Gasteiger partial charge in [-0.05, 0) is 11.4 Å². The fraction of sp³-hybridized carbons (Fsp3) is 0.300. The molecule has 4 nitrogen and oxygen atoms in total. The minimum Gasteiger partial charge on any atom is -0.496 e. The molecule has 0 aliphatic carbocycles. The van der Waals surface area contributed by atoms with Crippen molar-refractivity contribution in [1.29, 1.82) is 0 Å². The average molecular weight is 223 g/mol. The van der Waals surface area contributed by atoms with Crippen molar-refractivity contribution < 1.29 is 4.74 Å². The summed E-state index contributed by atoms with van der Waals surface area (Å²) in [6.45, 7) is 0.770. The van der Waals surface area contributed by atoms with E-state index in [9.17, 15) is 0 Å². The van der Waals surface area contributed by atoms with Crippen LogP contribution in [0.3, 0.4) is 0 Å². The fourth-order valence-corrected chi connectivity index (χ4v) is 2.11. The zero-order valence-electron chi connectivity index (χ0n) is 8.73. The van der Waals surface area contributed by atoms with Crippen LogP contribution in [0.5, 0.6) is 5.75 Å². The first-order valence-corrected chi connectivity index (χ1v) is 5.50. The summed E-state index contributed by atoms with van der Waals surface area (Å²) in [6.07, 6.45) is 3.75. The molecule has 0 radical (unpaired) electrons. The Morgan fingerprint density at radius 2 is 2.47 bits per heavy atom. The van der Waals surface area contributed by atoms with E-state index in [0.29, 0.717) is 0 Å². The molecule has 0 saturated heterocycles. The number of nitrogens with zero attached hydrogens (tertiary/aromatic N) is 2. The second-order valence-corrected chi connectivity index (χ2v) is 4.17. The molecule has 0 bridgehead atoms. The molecule has 2 aromatic heterocycles. The van der Waals surface area contributed by atoms with Crippen LogP contribution in [0, 0.1) is 0 Å². The lowest BCUT2D eigenvalue weighted by Crippen LogP contribution is -1.98. The summed E-state index contributed by atoms with van der Waals surface area (Å²) < 4.78 is 7.00. The van der Waals surface area contributed by atoms with Gasteiger partial charge in [0.1, 0.15) is 5.75 Å². The van der Waals surface area contributed by atoms with Crippen LogP contribution in [-0.4, -0.2) is 16.9 Å². The molecule has 5 heteroatoms. The van der Waals surface area contributed by atoms with Gasteiger partial charge in [0.2, 0.25) is 0 Å². The number of anilines is 1. The maximum atomic E-state index is 5.23. The lowest BCUT2D eigenvalue weighted by atomic mass is 10.4. The first kappa shape index (κ1) is 10.0. The molecule has 0 fully saturated rings. The highest BCUT2D eigenvalue weighted by Crippen LogP contribution is 2.25. The van der Waals surface area contributed by atoms with E-state index in [1.54, 1.807) is 29.3 Å². The van der Waals surface area contributed by atoms with E-state index in [1.165, 1.54) is 4.88 Å². The topological polar surface area (TPSA) is 39.1 Å². The molecule has 0 spiro atoms. The Labute approximate surface area is 92.5 Å². The predicted molar refractivity (Wildman–Crippen MR) is 61.4 cm³/mol. The Morgan fingerprint density at radius 1 is 1.60 bits per heavy atom. The van der Waals surface area contributed by atoms with Crippen LogP contribution < -0.4 is 10.1 Å². The number of rotatable bonds is 4. The zero-order valence-corrected chi connectivity index (χ0v) is 9.54. The molecule has 0 aromatic carbocycles. The largest absolute Gasteiger partial charge is 0.496 e. The molecule has 2 rings (SSSR count). The van der Waals surface area contributed by atoms with Gasteiger partial charge in [-0.25, -0.2) is 0 Å². The molecule has 0 aliphatic heterocycles. The Balaban J connectivity index is 1.98. The molecule has 0 unspecified atom stereocenters. The first-order valence-electron chi connectivity index (χ1n) is 4.62. The number of ether oxygens (including phenoxy) is 1. The van der Waals surface area contributed by atoms with Crippen LogP contribution in [0.1, 0.15) is 4.88 Å². The highest BCUT2D eigenvalue weighted by Gasteiger charge is 2.04. The quantitative estimate of drug-likeness (QED) is 0.862. The van der Waals surface area contributed by atoms with Gasteiger partial charge >= 0.3 is 0 Å². The molecule has 0 aliphatic rings. The summed E-state index contributed by atoms with van der Waals surface area (Å²) in [6, 6.07) is 1.98. The van der Waals surface area contributed by atoms with E-state index < -0.39 is 0 Å². The van der Waals surface area contributed by atoms with E-state index >= 15 is 0 Å². The number of thiophene rings is 1. The number of methoxy groups -OCH3 is 1. The summed E-state index contributed by atoms with van der Waals surface area (Å²) in [4.78, 5) is 1.20. The Kier molecular flexibility index (Phi) is 2.91. The van der Waals surface area contributed by atoms with Crippen molar-refractivity contribution in [3.05, 3.63) is 28.7 Å². The summed E-state index contributed by atoms with van der Waals surface area (Å²) in [5.74, 6) is 0.941. The fourth-order valence-electron chi connectivity index (χ4n) is 1.33. The number of hydrogen-bond donors (Lipinski definition) is 1. The van der Waals surface area contributed by atoms with Crippen LogP contribution in [0.2, 0.25) is 0 Å². The van der Waals surface area contributed by atoms with E-state index in [4.69, 9.17) is 4.74 Å². The second kappa shape index (κ2) is 4.35. The third kappa shape index (κ3) is 2.30. The summed E-state index contributed by atoms with van der Waals surface area (Å²) in [5, 5.41) is 9.40. The van der Waals surface area contributed by atoms with E-state index in [2.05, 4.69) is 10.4 Å². The van der Waals surface area contributed by atoms with E-state index in [-0.39, 0.29) is 0 Å². The van der Waals surface area contributed by atoms with Gasteiger partial charge in [0, 0.05) is 13.2 Å². The molecule has 0 atom stereocenters. The standard InChI is InChI=1S/C10H13N3OS/c1-13-7-8(5-12-13)11-6-10-9(14-2)3-4-15-10/h3-5,7,11H,6H2,1-2H3. The number of aryl methyl sites for hydroxylation is 1. The van der Waals surface area contributed by atoms with Crippen LogP contribution >= 0.6 is 11.3 Å². The Hall–Kier alpha value is -1.49. The van der Waals surface area contributed by atoms with Crippen molar-refractivity contribution in [2.75, 3.05) is 12.4 Å². The van der Waals surface area contributed by atoms with Gasteiger partial charge in [-0.1, -0.05) is 0 Å². The molecule has 80 valence electrons. The lowest BCUT2D eigenvalue weighted by Gasteiger charge is -2.03. The van der Waals surface area contributed by atoms with Gasteiger partial charge in [-0.15, -0.1) is 11.3 Å². The molecule has 0 amide bonds. The first-order chi connectivity index (χ1) is 7.29. The van der Waals surface area contributed by atoms with Crippen LogP contribution in [0.25, 0.3) is 0 Å². The van der Waals surface area contributed by atoms with Crippen LogP contribution in [0.4, 0.5) is 5.69 Å². The van der Waals surface area contributed by atoms with Crippen molar-refractivity contribution in [2.24, 2.45) is 7.05 Å². The van der Waals surface area contributed by atoms with E-state index in [1.807, 2.05) is 24.7 Å². The molecule has 15 heavy (non-hydrogen) atoms. The van der Waals surface area contributed by atoms with Crippen molar-refractivity contribution in [3.8, 4) is 5.75 Å². The van der Waals surface area contributed by atoms with Gasteiger partial charge < -0.3 is 10.1 Å². The second-order valence-electron chi connectivity index (χ2n) is 3.17. The van der Waals surface area contributed by atoms with E-state index in [0.717, 1.165) is 18.0 Å². The molecule has 2 heterocycles. The molecular formula is C10H13N3OS. The van der Waals surface area contributed by atoms with Gasteiger partial charge in [0.05, 0.1) is 30.4 Å². The zero-order chi connectivity index (χ0) is 10.7. The monoisotopic (exact) mass is 223 g/mol. The normalized spacial score (nSPS) is 10.3. The molecule has 2 aromatic rings. The van der Waals surface area contributed by atoms with Crippen molar-refractivity contribution in [3.63, 3.8) is 0 Å². The average Bonchev–Trinajstić information content (AvgIpc) is 2.83. The number of nitrogens with one attached hydrogen (secondary N) is 1. The molecule has 0 saturated carbocycles. The van der Waals surface area contributed by atoms with Gasteiger partial charge in [0.25, 0.3) is 0 Å². The molecular weight excluding hydrogens is 210 g/mol. The maximum absolute atomic E-state index is 5.23. The smallest absolute Gasteiger partial charge is 0.134 e. The summed E-state index contributed by atoms with van der Waals surface area (Å²) >= 11 is 1.69. The van der Waals surface area contributed by atoms with Gasteiger partial charge in [-0.2, -0.15) is 5.10 Å². The predicted octanol–water partition coefficient (Wildman–Crippen LogP) is 2.10. The Morgan fingerprint density at radius 3 is 3.13 bits per heavy atom. The van der Waals surface area contributed by atoms with Crippen LogP contribution in [0.15, 0.2) is 23.8 Å². The minimum atomic E-state index is 0.770. The van der Waals surface area contributed by atoms with Gasteiger partial charge in [0.15, 0.2) is 0 Å². The minimum absolute atomic E-state index is 0.770. The summed E-state index contributed by atoms with van der Waals surface area (Å²) in [5.41, 5.74) is 1.02. The van der Waals surface area contributed by atoms with Crippen molar-refractivity contribution in [1.82, 2.24) is 9.78 Å². The Bertz CT molecular complexity index is 435. The van der Waals surface area contributed by atoms with Crippen molar-refractivity contribution in [2.45, 2.75) is 6.54 Å². The third-order valence-electron chi connectivity index (χ3n) is 2.08. The summed E-state index contributed by atoms with van der Waals surface area (Å²) in [7, 11) is 3.59. The number of aromatic nitrogens is 2. The third-order valence-corrected chi connectivity index (χ3v) is 2.98. The lowest BCUT2D eigenvalue weighted by molar-refractivity contribution is 0.413. The molecule has 1 N–H and O–H groups in total. The highest BCUT2D eigenvalue weighted by molar-refractivity contribution is 7.10. The SMILES string of the molecule is COc1ccsc1CNc1cnn(C)c1. The van der Waals surface area contributed by atoms with Gasteiger partial charge in [-0.3, -0.25) is 4.68 Å².